The molecular formula is C21H30BrNO4. The number of nitro groups is 1. The number of benzene rings is 1. The van der Waals surface area contributed by atoms with Gasteiger partial charge in [-0.15, -0.1) is 0 Å². The Labute approximate surface area is 170 Å². The Morgan fingerprint density at radius 2 is 1.96 bits per heavy atom. The Bertz CT molecular complexity index is 663. The molecule has 1 aliphatic carbocycles. The van der Waals surface area contributed by atoms with Crippen molar-refractivity contribution in [3.63, 3.8) is 0 Å². The number of nitro benzene ring substituents is 1. The van der Waals surface area contributed by atoms with Gasteiger partial charge < -0.3 is 4.74 Å². The number of rotatable bonds is 7. The number of hydrogen-bond acceptors (Lipinski definition) is 4. The fourth-order valence-corrected chi connectivity index (χ4v) is 4.31. The van der Waals surface area contributed by atoms with Gasteiger partial charge in [0, 0.05) is 6.07 Å². The molecule has 150 valence electrons. The average Bonchev–Trinajstić information content (AvgIpc) is 2.57. The second-order valence-corrected chi connectivity index (χ2v) is 9.34. The lowest BCUT2D eigenvalue weighted by molar-refractivity contribution is -0.385. The van der Waals surface area contributed by atoms with E-state index in [9.17, 15) is 14.9 Å². The highest BCUT2D eigenvalue weighted by Crippen LogP contribution is 2.34. The molecule has 1 aromatic carbocycles. The van der Waals surface area contributed by atoms with Crippen molar-refractivity contribution in [3.05, 3.63) is 38.3 Å². The Balaban J connectivity index is 2.12. The maximum Gasteiger partial charge on any atom is 0.313 e. The van der Waals surface area contributed by atoms with Gasteiger partial charge >= 0.3 is 5.97 Å². The van der Waals surface area contributed by atoms with Crippen LogP contribution < -0.4 is 0 Å². The summed E-state index contributed by atoms with van der Waals surface area (Å²) in [5, 5.41) is 11.1. The van der Waals surface area contributed by atoms with Crippen molar-refractivity contribution in [1.29, 1.82) is 0 Å². The van der Waals surface area contributed by atoms with Gasteiger partial charge in [-0.25, -0.2) is 0 Å². The normalized spacial score (nSPS) is 16.7. The van der Waals surface area contributed by atoms with E-state index in [1.54, 1.807) is 12.1 Å². The highest BCUT2D eigenvalue weighted by molar-refractivity contribution is 9.10. The van der Waals surface area contributed by atoms with Gasteiger partial charge in [0.1, 0.15) is 5.60 Å². The summed E-state index contributed by atoms with van der Waals surface area (Å²) in [5.74, 6) is 0.110. The third-order valence-electron chi connectivity index (χ3n) is 5.09. The number of ether oxygens (including phenoxy) is 1. The van der Waals surface area contributed by atoms with E-state index in [1.165, 1.54) is 38.2 Å². The second kappa shape index (κ2) is 9.67. The molecule has 1 fully saturated rings. The lowest BCUT2D eigenvalue weighted by Crippen LogP contribution is -2.28. The molecule has 1 unspecified atom stereocenters. The second-order valence-electron chi connectivity index (χ2n) is 8.49. The van der Waals surface area contributed by atoms with Crippen LogP contribution in [-0.4, -0.2) is 16.5 Å². The summed E-state index contributed by atoms with van der Waals surface area (Å²) < 4.78 is 6.02. The van der Waals surface area contributed by atoms with Gasteiger partial charge in [0.25, 0.3) is 5.69 Å². The van der Waals surface area contributed by atoms with Crippen LogP contribution in [0.1, 0.15) is 83.6 Å². The summed E-state index contributed by atoms with van der Waals surface area (Å²) in [5.41, 5.74) is 0.214. The van der Waals surface area contributed by atoms with Crippen LogP contribution in [0.4, 0.5) is 5.69 Å². The monoisotopic (exact) mass is 439 g/mol. The Kier molecular flexibility index (Phi) is 7.83. The molecule has 1 aromatic rings. The van der Waals surface area contributed by atoms with Gasteiger partial charge in [-0.2, -0.15) is 0 Å². The van der Waals surface area contributed by atoms with Gasteiger partial charge in [0.05, 0.1) is 15.3 Å². The van der Waals surface area contributed by atoms with Crippen molar-refractivity contribution >= 4 is 27.6 Å². The maximum absolute atomic E-state index is 12.8. The van der Waals surface area contributed by atoms with Gasteiger partial charge in [0.15, 0.2) is 0 Å². The maximum atomic E-state index is 12.8. The quantitative estimate of drug-likeness (QED) is 0.275. The van der Waals surface area contributed by atoms with Crippen molar-refractivity contribution in [3.8, 4) is 0 Å². The first-order chi connectivity index (χ1) is 12.7. The van der Waals surface area contributed by atoms with E-state index < -0.39 is 16.4 Å². The summed E-state index contributed by atoms with van der Waals surface area (Å²) in [4.78, 5) is 23.4. The van der Waals surface area contributed by atoms with Crippen LogP contribution in [0.5, 0.6) is 0 Å². The average molecular weight is 440 g/mol. The van der Waals surface area contributed by atoms with Crippen LogP contribution in [0, 0.1) is 16.0 Å². The number of hydrogen-bond donors (Lipinski definition) is 0. The zero-order chi connectivity index (χ0) is 20.0. The first-order valence-electron chi connectivity index (χ1n) is 9.84. The molecule has 1 atom stereocenters. The highest BCUT2D eigenvalue weighted by atomic mass is 79.9. The predicted octanol–water partition coefficient (Wildman–Crippen LogP) is 6.53. The standard InChI is InChI=1S/C21H30BrNO4/c1-21(2,3)27-20(24)17(11-7-10-15-8-5-4-6-9-15)16-12-13-19(23(25)26)18(22)14-16/h12-15,17H,4-11H2,1-3H3. The molecule has 2 rings (SSSR count). The summed E-state index contributed by atoms with van der Waals surface area (Å²) in [7, 11) is 0. The van der Waals surface area contributed by atoms with Gasteiger partial charge in [-0.1, -0.05) is 51.0 Å². The van der Waals surface area contributed by atoms with Gasteiger partial charge in [-0.05, 0) is 60.7 Å². The number of halogens is 1. The predicted molar refractivity (Wildman–Crippen MR) is 110 cm³/mol. The third kappa shape index (κ3) is 6.91. The summed E-state index contributed by atoms with van der Waals surface area (Å²) in [6, 6.07) is 4.82. The minimum absolute atomic E-state index is 0.00361. The van der Waals surface area contributed by atoms with Crippen molar-refractivity contribution in [1.82, 2.24) is 0 Å². The number of carbonyl (C=O) groups excluding carboxylic acids is 1. The Morgan fingerprint density at radius 1 is 1.30 bits per heavy atom. The SMILES string of the molecule is CC(C)(C)OC(=O)C(CCCC1CCCCC1)c1ccc([N+](=O)[O-])c(Br)c1. The van der Waals surface area contributed by atoms with E-state index in [1.807, 2.05) is 20.8 Å². The van der Waals surface area contributed by atoms with Crippen LogP contribution in [0.15, 0.2) is 22.7 Å². The minimum atomic E-state index is -0.559. The van der Waals surface area contributed by atoms with Crippen molar-refractivity contribution in [2.24, 2.45) is 5.92 Å². The lowest BCUT2D eigenvalue weighted by atomic mass is 9.84. The van der Waals surface area contributed by atoms with E-state index in [4.69, 9.17) is 4.74 Å². The van der Waals surface area contributed by atoms with E-state index in [0.717, 1.165) is 24.3 Å². The molecular weight excluding hydrogens is 410 g/mol. The Hall–Kier alpha value is -1.43. The molecule has 0 radical (unpaired) electrons. The van der Waals surface area contributed by atoms with Crippen LogP contribution in [-0.2, 0) is 9.53 Å². The molecule has 0 saturated heterocycles. The van der Waals surface area contributed by atoms with Gasteiger partial charge in [-0.3, -0.25) is 14.9 Å². The third-order valence-corrected chi connectivity index (χ3v) is 5.73. The molecule has 0 bridgehead atoms. The van der Waals surface area contributed by atoms with Crippen LogP contribution in [0.25, 0.3) is 0 Å². The zero-order valence-electron chi connectivity index (χ0n) is 16.5. The molecule has 1 saturated carbocycles. The summed E-state index contributed by atoms with van der Waals surface area (Å²) in [6.45, 7) is 5.57. The van der Waals surface area contributed by atoms with Crippen LogP contribution in [0.2, 0.25) is 0 Å². The summed E-state index contributed by atoms with van der Waals surface area (Å²) in [6.07, 6.45) is 9.35. The molecule has 0 amide bonds. The van der Waals surface area contributed by atoms with Gasteiger partial charge in [0.2, 0.25) is 0 Å². The highest BCUT2D eigenvalue weighted by Gasteiger charge is 2.28. The van der Waals surface area contributed by atoms with Crippen LogP contribution >= 0.6 is 15.9 Å². The molecule has 27 heavy (non-hydrogen) atoms. The summed E-state index contributed by atoms with van der Waals surface area (Å²) >= 11 is 3.26. The number of carbonyl (C=O) groups is 1. The zero-order valence-corrected chi connectivity index (χ0v) is 18.1. The molecule has 5 nitrogen and oxygen atoms in total. The van der Waals surface area contributed by atoms with Crippen molar-refractivity contribution in [2.75, 3.05) is 0 Å². The van der Waals surface area contributed by atoms with E-state index in [0.29, 0.717) is 10.9 Å². The number of nitrogens with zero attached hydrogens (tertiary/aromatic N) is 1. The fraction of sp³-hybridized carbons (Fsp3) is 0.667. The first kappa shape index (κ1) is 21.9. The molecule has 1 aliphatic rings. The molecule has 0 N–H and O–H groups in total. The van der Waals surface area contributed by atoms with Crippen molar-refractivity contribution < 1.29 is 14.5 Å². The van der Waals surface area contributed by atoms with E-state index in [2.05, 4.69) is 15.9 Å². The molecule has 6 heteroatoms. The first-order valence-corrected chi connectivity index (χ1v) is 10.6. The van der Waals surface area contributed by atoms with E-state index >= 15 is 0 Å². The molecule has 0 heterocycles. The molecule has 0 aromatic heterocycles. The lowest BCUT2D eigenvalue weighted by Gasteiger charge is -2.25. The fourth-order valence-electron chi connectivity index (χ4n) is 3.77. The van der Waals surface area contributed by atoms with E-state index in [-0.39, 0.29) is 11.7 Å². The Morgan fingerprint density at radius 3 is 2.52 bits per heavy atom. The number of esters is 1. The topological polar surface area (TPSA) is 69.4 Å². The molecule has 0 aliphatic heterocycles. The largest absolute Gasteiger partial charge is 0.459 e. The minimum Gasteiger partial charge on any atom is -0.459 e. The van der Waals surface area contributed by atoms with Crippen molar-refractivity contribution in [2.45, 2.75) is 83.7 Å². The smallest absolute Gasteiger partial charge is 0.313 e. The van der Waals surface area contributed by atoms with Crippen LogP contribution in [0.3, 0.4) is 0 Å². The molecule has 0 spiro atoms.